The molecule has 0 fully saturated rings. The van der Waals surface area contributed by atoms with Crippen molar-refractivity contribution in [1.82, 2.24) is 4.40 Å². The van der Waals surface area contributed by atoms with Crippen molar-refractivity contribution >= 4 is 11.0 Å². The highest BCUT2D eigenvalue weighted by Crippen LogP contribution is 2.22. The zero-order chi connectivity index (χ0) is 13.7. The monoisotopic (exact) mass is 262 g/mol. The summed E-state index contributed by atoms with van der Waals surface area (Å²) < 4.78 is 3.05. The highest BCUT2D eigenvalue weighted by Gasteiger charge is 2.20. The van der Waals surface area contributed by atoms with Crippen molar-refractivity contribution in [1.29, 1.82) is 0 Å². The van der Waals surface area contributed by atoms with Gasteiger partial charge in [0.1, 0.15) is 11.8 Å². The molecule has 0 aliphatic rings. The lowest BCUT2D eigenvalue weighted by atomic mass is 10.1. The lowest BCUT2D eigenvalue weighted by Gasteiger charge is -2.11. The number of nitrogens with zero attached hydrogens (tertiary/aromatic N) is 2. The Morgan fingerprint density at radius 2 is 1.80 bits per heavy atom. The van der Waals surface area contributed by atoms with E-state index in [0.29, 0.717) is 11.2 Å². The van der Waals surface area contributed by atoms with Crippen LogP contribution >= 0.6 is 0 Å². The third-order valence-corrected chi connectivity index (χ3v) is 3.56. The van der Waals surface area contributed by atoms with Crippen molar-refractivity contribution in [3.05, 3.63) is 71.3 Å². The first-order chi connectivity index (χ1) is 9.77. The largest absolute Gasteiger partial charge is 0.841 e. The summed E-state index contributed by atoms with van der Waals surface area (Å²) in [7, 11) is 0. The van der Waals surface area contributed by atoms with Crippen molar-refractivity contribution in [2.45, 2.75) is 0 Å². The molecule has 1 aromatic carbocycles. The molecule has 0 saturated heterocycles. The Hall–Kier alpha value is -2.88. The Morgan fingerprint density at radius 1 is 1.00 bits per heavy atom. The first kappa shape index (κ1) is 11.0. The molecule has 0 bridgehead atoms. The van der Waals surface area contributed by atoms with Crippen molar-refractivity contribution < 1.29 is 9.51 Å². The van der Waals surface area contributed by atoms with Gasteiger partial charge in [-0.25, -0.2) is 9.20 Å². The minimum absolute atomic E-state index is 0.201. The zero-order valence-corrected chi connectivity index (χ0v) is 10.5. The highest BCUT2D eigenvalue weighted by molar-refractivity contribution is 5.75. The lowest BCUT2D eigenvalue weighted by Crippen LogP contribution is -2.35. The van der Waals surface area contributed by atoms with Crippen molar-refractivity contribution in [2.24, 2.45) is 0 Å². The topological polar surface area (TPSA) is 48.6 Å². The van der Waals surface area contributed by atoms with Crippen LogP contribution in [0.3, 0.4) is 0 Å². The van der Waals surface area contributed by atoms with Gasteiger partial charge in [-0.2, -0.15) is 4.40 Å². The van der Waals surface area contributed by atoms with Gasteiger partial charge in [0.25, 0.3) is 0 Å². The average molecular weight is 262 g/mol. The third-order valence-electron chi connectivity index (χ3n) is 3.56. The van der Waals surface area contributed by atoms with Gasteiger partial charge in [-0.15, -0.1) is 0 Å². The standard InChI is InChI=1S/C16H10N2O2/c19-15-13(11-5-2-1-3-6-11)16(20)18-10-8-12-7-4-9-17(15)14(12)18/h1-10H. The minimum atomic E-state index is -0.280. The van der Waals surface area contributed by atoms with Gasteiger partial charge in [-0.1, -0.05) is 30.3 Å². The third kappa shape index (κ3) is 1.30. The number of hydrogen-bond donors (Lipinski definition) is 0. The number of hydrogen-bond acceptors (Lipinski definition) is 2. The molecule has 0 saturated carbocycles. The summed E-state index contributed by atoms with van der Waals surface area (Å²) in [6, 6.07) is 14.6. The smallest absolute Gasteiger partial charge is 0.349 e. The van der Waals surface area contributed by atoms with Crippen molar-refractivity contribution in [2.75, 3.05) is 0 Å². The number of benzene rings is 1. The van der Waals surface area contributed by atoms with E-state index in [1.165, 1.54) is 8.80 Å². The van der Waals surface area contributed by atoms with Crippen LogP contribution in [0.4, 0.5) is 0 Å². The van der Waals surface area contributed by atoms with Gasteiger partial charge in [0, 0.05) is 0 Å². The van der Waals surface area contributed by atoms with Crippen LogP contribution in [0, 0.1) is 0 Å². The minimum Gasteiger partial charge on any atom is -0.841 e. The zero-order valence-electron chi connectivity index (χ0n) is 10.5. The number of pyridine rings is 1. The number of rotatable bonds is 1. The van der Waals surface area contributed by atoms with Gasteiger partial charge in [0.15, 0.2) is 0 Å². The molecule has 3 aromatic heterocycles. The summed E-state index contributed by atoms with van der Waals surface area (Å²) in [5.41, 5.74) is 1.20. The van der Waals surface area contributed by atoms with Crippen LogP contribution in [0.15, 0.2) is 65.7 Å². The molecule has 96 valence electrons. The van der Waals surface area contributed by atoms with Gasteiger partial charge in [0.05, 0.1) is 17.5 Å². The maximum absolute atomic E-state index is 12.6. The summed E-state index contributed by atoms with van der Waals surface area (Å²) in [6.45, 7) is 0. The lowest BCUT2D eigenvalue weighted by molar-refractivity contribution is -0.586. The molecule has 3 heterocycles. The first-order valence-corrected chi connectivity index (χ1v) is 6.31. The molecular weight excluding hydrogens is 252 g/mol. The van der Waals surface area contributed by atoms with Crippen molar-refractivity contribution in [3.8, 4) is 17.0 Å². The van der Waals surface area contributed by atoms with Gasteiger partial charge >= 0.3 is 11.2 Å². The fourth-order valence-electron chi connectivity index (χ4n) is 2.64. The summed E-state index contributed by atoms with van der Waals surface area (Å²) in [4.78, 5) is 12.6. The Morgan fingerprint density at radius 3 is 2.60 bits per heavy atom. The van der Waals surface area contributed by atoms with E-state index in [9.17, 15) is 9.90 Å². The van der Waals surface area contributed by atoms with Gasteiger partial charge < -0.3 is 5.11 Å². The van der Waals surface area contributed by atoms with E-state index < -0.39 is 0 Å². The van der Waals surface area contributed by atoms with Crippen molar-refractivity contribution in [3.63, 3.8) is 0 Å². The van der Waals surface area contributed by atoms with E-state index in [2.05, 4.69) is 0 Å². The van der Waals surface area contributed by atoms with E-state index in [0.717, 1.165) is 5.39 Å². The predicted octanol–water partition coefficient (Wildman–Crippen LogP) is 1.22. The Kier molecular flexibility index (Phi) is 2.09. The summed E-state index contributed by atoms with van der Waals surface area (Å²) in [5.74, 6) is -0.280. The van der Waals surface area contributed by atoms with E-state index in [1.54, 1.807) is 24.5 Å². The average Bonchev–Trinajstić information content (AvgIpc) is 2.91. The SMILES string of the molecule is O=c1c(-c2ccccc2)c([O-])[n+]2cccc3ccn1c32. The van der Waals surface area contributed by atoms with Crippen LogP contribution in [-0.4, -0.2) is 4.40 Å². The molecular formula is C16H10N2O2. The van der Waals surface area contributed by atoms with Gasteiger partial charge in [-0.05, 0) is 23.8 Å². The van der Waals surface area contributed by atoms with E-state index >= 15 is 0 Å². The highest BCUT2D eigenvalue weighted by atomic mass is 16.3. The van der Waals surface area contributed by atoms with Crippen LogP contribution in [-0.2, 0) is 0 Å². The molecule has 0 spiro atoms. The van der Waals surface area contributed by atoms with Crippen LogP contribution < -0.4 is 15.1 Å². The molecule has 0 N–H and O–H groups in total. The second-order valence-corrected chi connectivity index (χ2v) is 4.69. The maximum atomic E-state index is 12.6. The van der Waals surface area contributed by atoms with Gasteiger partial charge in [-0.3, -0.25) is 0 Å². The summed E-state index contributed by atoms with van der Waals surface area (Å²) in [5, 5.41) is 13.5. The molecule has 20 heavy (non-hydrogen) atoms. The van der Waals surface area contributed by atoms with E-state index in [1.807, 2.05) is 36.4 Å². The Balaban J connectivity index is 2.25. The normalized spacial score (nSPS) is 11.4. The quantitative estimate of drug-likeness (QED) is 0.484. The summed E-state index contributed by atoms with van der Waals surface area (Å²) in [6.07, 6.45) is 3.40. The molecule has 0 aliphatic heterocycles. The van der Waals surface area contributed by atoms with Gasteiger partial charge in [0.2, 0.25) is 0 Å². The molecule has 4 rings (SSSR count). The molecule has 4 heteroatoms. The Labute approximate surface area is 114 Å². The van der Waals surface area contributed by atoms with Crippen LogP contribution in [0.1, 0.15) is 0 Å². The summed E-state index contributed by atoms with van der Waals surface area (Å²) >= 11 is 0. The van der Waals surface area contributed by atoms with Crippen LogP contribution in [0.5, 0.6) is 5.88 Å². The molecule has 0 radical (unpaired) electrons. The molecule has 0 aliphatic carbocycles. The number of aromatic nitrogens is 2. The van der Waals surface area contributed by atoms with E-state index in [-0.39, 0.29) is 17.0 Å². The predicted molar refractivity (Wildman–Crippen MR) is 72.9 cm³/mol. The molecule has 0 atom stereocenters. The van der Waals surface area contributed by atoms with E-state index in [4.69, 9.17) is 0 Å². The fourth-order valence-corrected chi connectivity index (χ4v) is 2.64. The molecule has 0 amide bonds. The fraction of sp³-hybridized carbons (Fsp3) is 0. The second kappa shape index (κ2) is 3.81. The Bertz CT molecular complexity index is 974. The van der Waals surface area contributed by atoms with Crippen LogP contribution in [0.25, 0.3) is 22.2 Å². The maximum Gasteiger partial charge on any atom is 0.349 e. The first-order valence-electron chi connectivity index (χ1n) is 6.31. The molecule has 0 unspecified atom stereocenters. The second-order valence-electron chi connectivity index (χ2n) is 4.69. The molecule has 4 aromatic rings. The van der Waals surface area contributed by atoms with Crippen LogP contribution in [0.2, 0.25) is 0 Å². The molecule has 4 nitrogen and oxygen atoms in total.